The predicted molar refractivity (Wildman–Crippen MR) is 50.0 cm³/mol. The Hall–Kier alpha value is -1.22. The normalized spacial score (nSPS) is 25.2. The molecular formula is C10H13NO2. The highest BCUT2D eigenvalue weighted by Crippen LogP contribution is 2.37. The zero-order valence-electron chi connectivity index (χ0n) is 7.78. The summed E-state index contributed by atoms with van der Waals surface area (Å²) in [6, 6.07) is 5.72. The van der Waals surface area contributed by atoms with Crippen LogP contribution in [0.25, 0.3) is 0 Å². The second-order valence-corrected chi connectivity index (χ2v) is 3.25. The highest BCUT2D eigenvalue weighted by Gasteiger charge is 2.27. The maximum Gasteiger partial charge on any atom is 0.128 e. The van der Waals surface area contributed by atoms with Crippen LogP contribution in [0.5, 0.6) is 11.5 Å². The summed E-state index contributed by atoms with van der Waals surface area (Å²) >= 11 is 0. The highest BCUT2D eigenvalue weighted by molar-refractivity contribution is 5.45. The van der Waals surface area contributed by atoms with Crippen molar-refractivity contribution in [2.75, 3.05) is 7.11 Å². The van der Waals surface area contributed by atoms with Crippen molar-refractivity contribution in [3.8, 4) is 11.5 Å². The molecule has 1 aliphatic heterocycles. The molecule has 0 saturated heterocycles. The van der Waals surface area contributed by atoms with Gasteiger partial charge < -0.3 is 15.2 Å². The van der Waals surface area contributed by atoms with Crippen LogP contribution < -0.4 is 15.2 Å². The van der Waals surface area contributed by atoms with Crippen LogP contribution in [-0.2, 0) is 0 Å². The molecule has 2 atom stereocenters. The van der Waals surface area contributed by atoms with E-state index in [-0.39, 0.29) is 12.1 Å². The molecule has 0 saturated carbocycles. The Balaban J connectivity index is 2.40. The lowest BCUT2D eigenvalue weighted by molar-refractivity contribution is 0.227. The Morgan fingerprint density at radius 1 is 1.46 bits per heavy atom. The quantitative estimate of drug-likeness (QED) is 0.710. The summed E-state index contributed by atoms with van der Waals surface area (Å²) in [6.07, 6.45) is 0.0575. The average molecular weight is 179 g/mol. The standard InChI is InChI=1S/C10H13NO2/c1-6-10(11)8-4-3-7(12-2)5-9(8)13-6/h3-6,10H,11H2,1-2H3. The zero-order chi connectivity index (χ0) is 9.42. The summed E-state index contributed by atoms with van der Waals surface area (Å²) in [5.74, 6) is 1.65. The number of ether oxygens (including phenoxy) is 2. The van der Waals surface area contributed by atoms with Crippen LogP contribution in [0.2, 0.25) is 0 Å². The summed E-state index contributed by atoms with van der Waals surface area (Å²) in [5, 5.41) is 0. The van der Waals surface area contributed by atoms with Crippen LogP contribution >= 0.6 is 0 Å². The molecule has 0 aromatic heterocycles. The van der Waals surface area contributed by atoms with Crippen molar-refractivity contribution in [1.82, 2.24) is 0 Å². The lowest BCUT2D eigenvalue weighted by Crippen LogP contribution is -2.21. The van der Waals surface area contributed by atoms with E-state index >= 15 is 0 Å². The molecular weight excluding hydrogens is 166 g/mol. The summed E-state index contributed by atoms with van der Waals surface area (Å²) < 4.78 is 10.6. The van der Waals surface area contributed by atoms with Gasteiger partial charge in [-0.05, 0) is 19.1 Å². The minimum Gasteiger partial charge on any atom is -0.497 e. The number of methoxy groups -OCH3 is 1. The number of fused-ring (bicyclic) bond motifs is 1. The molecule has 70 valence electrons. The third-order valence-corrected chi connectivity index (χ3v) is 2.40. The molecule has 0 fully saturated rings. The van der Waals surface area contributed by atoms with Crippen LogP contribution in [-0.4, -0.2) is 13.2 Å². The fourth-order valence-electron chi connectivity index (χ4n) is 1.55. The van der Waals surface area contributed by atoms with Crippen LogP contribution in [0.15, 0.2) is 18.2 Å². The molecule has 1 aliphatic rings. The van der Waals surface area contributed by atoms with Gasteiger partial charge in [0.25, 0.3) is 0 Å². The van der Waals surface area contributed by atoms with Gasteiger partial charge in [-0.3, -0.25) is 0 Å². The molecule has 1 aromatic carbocycles. The second-order valence-electron chi connectivity index (χ2n) is 3.25. The number of benzene rings is 1. The average Bonchev–Trinajstić information content (AvgIpc) is 2.42. The first kappa shape index (κ1) is 8.38. The van der Waals surface area contributed by atoms with E-state index in [1.807, 2.05) is 25.1 Å². The lowest BCUT2D eigenvalue weighted by Gasteiger charge is -2.07. The molecule has 2 unspecified atom stereocenters. The van der Waals surface area contributed by atoms with Gasteiger partial charge in [-0.1, -0.05) is 0 Å². The van der Waals surface area contributed by atoms with E-state index in [0.717, 1.165) is 17.1 Å². The Kier molecular flexibility index (Phi) is 1.88. The Morgan fingerprint density at radius 3 is 2.92 bits per heavy atom. The molecule has 13 heavy (non-hydrogen) atoms. The van der Waals surface area contributed by atoms with Gasteiger partial charge in [0.05, 0.1) is 13.2 Å². The zero-order valence-corrected chi connectivity index (χ0v) is 7.78. The molecule has 2 N–H and O–H groups in total. The fourth-order valence-corrected chi connectivity index (χ4v) is 1.55. The molecule has 1 aromatic rings. The summed E-state index contributed by atoms with van der Waals surface area (Å²) in [7, 11) is 1.64. The highest BCUT2D eigenvalue weighted by atomic mass is 16.5. The SMILES string of the molecule is COc1ccc2c(c1)OC(C)C2N. The van der Waals surface area contributed by atoms with Crippen molar-refractivity contribution in [2.24, 2.45) is 5.73 Å². The third kappa shape index (κ3) is 1.25. The van der Waals surface area contributed by atoms with E-state index in [2.05, 4.69) is 0 Å². The summed E-state index contributed by atoms with van der Waals surface area (Å²) in [4.78, 5) is 0. The first-order valence-corrected chi connectivity index (χ1v) is 4.32. The van der Waals surface area contributed by atoms with Crippen molar-refractivity contribution >= 4 is 0 Å². The second kappa shape index (κ2) is 2.92. The number of rotatable bonds is 1. The maximum absolute atomic E-state index is 5.92. The molecule has 0 bridgehead atoms. The topological polar surface area (TPSA) is 44.5 Å². The number of nitrogens with two attached hydrogens (primary N) is 1. The minimum absolute atomic E-state index is 0.0130. The van der Waals surface area contributed by atoms with E-state index in [9.17, 15) is 0 Å². The molecule has 2 rings (SSSR count). The third-order valence-electron chi connectivity index (χ3n) is 2.40. The van der Waals surface area contributed by atoms with Crippen molar-refractivity contribution in [3.63, 3.8) is 0 Å². The van der Waals surface area contributed by atoms with Gasteiger partial charge >= 0.3 is 0 Å². The van der Waals surface area contributed by atoms with Gasteiger partial charge in [0.1, 0.15) is 17.6 Å². The molecule has 0 radical (unpaired) electrons. The molecule has 1 heterocycles. The van der Waals surface area contributed by atoms with E-state index in [1.54, 1.807) is 7.11 Å². The van der Waals surface area contributed by atoms with Crippen molar-refractivity contribution in [3.05, 3.63) is 23.8 Å². The van der Waals surface area contributed by atoms with Gasteiger partial charge in [0.15, 0.2) is 0 Å². The van der Waals surface area contributed by atoms with Gasteiger partial charge in [-0.15, -0.1) is 0 Å². The maximum atomic E-state index is 5.92. The minimum atomic E-state index is -0.0130. The van der Waals surface area contributed by atoms with Crippen LogP contribution in [0.3, 0.4) is 0 Å². The number of hydrogen-bond donors (Lipinski definition) is 1. The van der Waals surface area contributed by atoms with Crippen molar-refractivity contribution in [1.29, 1.82) is 0 Å². The Bertz CT molecular complexity index is 325. The smallest absolute Gasteiger partial charge is 0.128 e. The van der Waals surface area contributed by atoms with E-state index in [0.29, 0.717) is 0 Å². The van der Waals surface area contributed by atoms with Crippen molar-refractivity contribution < 1.29 is 9.47 Å². The van der Waals surface area contributed by atoms with Crippen LogP contribution in [0.4, 0.5) is 0 Å². The van der Waals surface area contributed by atoms with E-state index in [1.165, 1.54) is 0 Å². The first-order valence-electron chi connectivity index (χ1n) is 4.32. The first-order chi connectivity index (χ1) is 6.22. The Morgan fingerprint density at radius 2 is 2.23 bits per heavy atom. The van der Waals surface area contributed by atoms with Crippen LogP contribution in [0.1, 0.15) is 18.5 Å². The Labute approximate surface area is 77.5 Å². The molecule has 0 spiro atoms. The van der Waals surface area contributed by atoms with Gasteiger partial charge in [0, 0.05) is 11.6 Å². The van der Waals surface area contributed by atoms with Gasteiger partial charge in [0.2, 0.25) is 0 Å². The fraction of sp³-hybridized carbons (Fsp3) is 0.400. The van der Waals surface area contributed by atoms with Crippen molar-refractivity contribution in [2.45, 2.75) is 19.1 Å². The molecule has 0 amide bonds. The summed E-state index contributed by atoms with van der Waals surface area (Å²) in [6.45, 7) is 1.97. The molecule has 3 nitrogen and oxygen atoms in total. The summed E-state index contributed by atoms with van der Waals surface area (Å²) in [5.41, 5.74) is 6.98. The van der Waals surface area contributed by atoms with Gasteiger partial charge in [-0.25, -0.2) is 0 Å². The molecule has 3 heteroatoms. The predicted octanol–water partition coefficient (Wildman–Crippen LogP) is 1.48. The van der Waals surface area contributed by atoms with E-state index < -0.39 is 0 Å². The monoisotopic (exact) mass is 179 g/mol. The number of hydrogen-bond acceptors (Lipinski definition) is 3. The largest absolute Gasteiger partial charge is 0.497 e. The van der Waals surface area contributed by atoms with Gasteiger partial charge in [-0.2, -0.15) is 0 Å². The van der Waals surface area contributed by atoms with E-state index in [4.69, 9.17) is 15.2 Å². The molecule has 0 aliphatic carbocycles. The lowest BCUT2D eigenvalue weighted by atomic mass is 10.1. The van der Waals surface area contributed by atoms with Crippen LogP contribution in [0, 0.1) is 0 Å².